The van der Waals surface area contributed by atoms with Crippen molar-refractivity contribution in [3.63, 3.8) is 0 Å². The fraction of sp³-hybridized carbons (Fsp3) is 0. The first-order valence-corrected chi connectivity index (χ1v) is 3.63. The molecule has 0 bridgehead atoms. The Morgan fingerprint density at radius 1 is 1.46 bits per heavy atom. The van der Waals surface area contributed by atoms with Gasteiger partial charge < -0.3 is 5.73 Å². The Kier molecular flexibility index (Phi) is 1.59. The summed E-state index contributed by atoms with van der Waals surface area (Å²) in [6.45, 7) is 0. The van der Waals surface area contributed by atoms with Crippen LogP contribution in [-0.2, 0) is 0 Å². The molecule has 0 saturated heterocycles. The van der Waals surface area contributed by atoms with Crippen LogP contribution in [0.1, 0.15) is 0 Å². The second kappa shape index (κ2) is 2.74. The lowest BCUT2D eigenvalue weighted by Gasteiger charge is -1.94. The van der Waals surface area contributed by atoms with Gasteiger partial charge >= 0.3 is 5.69 Å². The molecule has 0 amide bonds. The molecule has 2 rings (SSSR count). The zero-order chi connectivity index (χ0) is 9.26. The summed E-state index contributed by atoms with van der Waals surface area (Å²) < 4.78 is 1.11. The first-order valence-electron chi connectivity index (χ1n) is 3.63. The summed E-state index contributed by atoms with van der Waals surface area (Å²) in [7, 11) is 0. The molecule has 2 aromatic heterocycles. The molecule has 0 fully saturated rings. The smallest absolute Gasteiger partial charge is 0.350 e. The molecule has 0 atom stereocenters. The maximum Gasteiger partial charge on any atom is 0.350 e. The van der Waals surface area contributed by atoms with Crippen molar-refractivity contribution < 1.29 is 0 Å². The minimum Gasteiger partial charge on any atom is -0.368 e. The van der Waals surface area contributed by atoms with Crippen molar-refractivity contribution in [1.29, 1.82) is 0 Å². The lowest BCUT2D eigenvalue weighted by molar-refractivity contribution is 0.815. The van der Waals surface area contributed by atoms with Crippen molar-refractivity contribution in [2.45, 2.75) is 0 Å². The van der Waals surface area contributed by atoms with Gasteiger partial charge in [0.15, 0.2) is 5.82 Å². The van der Waals surface area contributed by atoms with E-state index in [0.29, 0.717) is 5.82 Å². The van der Waals surface area contributed by atoms with Gasteiger partial charge in [-0.15, -0.1) is 5.10 Å². The molecule has 2 aromatic rings. The normalized spacial score (nSPS) is 10.2. The average molecular weight is 177 g/mol. The highest BCUT2D eigenvalue weighted by atomic mass is 16.2. The van der Waals surface area contributed by atoms with Crippen LogP contribution in [-0.4, -0.2) is 19.7 Å². The van der Waals surface area contributed by atoms with Gasteiger partial charge in [0, 0.05) is 6.20 Å². The summed E-state index contributed by atoms with van der Waals surface area (Å²) in [6, 6.07) is 5.19. The highest BCUT2D eigenvalue weighted by Gasteiger charge is 2.03. The van der Waals surface area contributed by atoms with Gasteiger partial charge in [0.05, 0.1) is 0 Å². The van der Waals surface area contributed by atoms with Gasteiger partial charge in [-0.2, -0.15) is 4.68 Å². The molecule has 0 aliphatic carbocycles. The van der Waals surface area contributed by atoms with Crippen molar-refractivity contribution >= 4 is 5.95 Å². The van der Waals surface area contributed by atoms with E-state index in [1.54, 1.807) is 24.4 Å². The van der Waals surface area contributed by atoms with E-state index in [1.807, 2.05) is 0 Å². The molecular formula is C7H7N5O. The molecule has 2 heterocycles. The van der Waals surface area contributed by atoms with Crippen LogP contribution >= 0.6 is 0 Å². The van der Waals surface area contributed by atoms with E-state index in [1.165, 1.54) is 0 Å². The second-order valence-corrected chi connectivity index (χ2v) is 2.42. The van der Waals surface area contributed by atoms with Gasteiger partial charge in [-0.1, -0.05) is 6.07 Å². The first kappa shape index (κ1) is 7.53. The van der Waals surface area contributed by atoms with Gasteiger partial charge in [0.2, 0.25) is 5.95 Å². The maximum atomic E-state index is 11.2. The molecule has 0 aliphatic heterocycles. The first-order chi connectivity index (χ1) is 6.27. The molecule has 0 aromatic carbocycles. The number of aromatic nitrogens is 4. The summed E-state index contributed by atoms with van der Waals surface area (Å²) in [5.41, 5.74) is 4.91. The van der Waals surface area contributed by atoms with Crippen LogP contribution in [0.5, 0.6) is 0 Å². The third kappa shape index (κ3) is 1.28. The Bertz CT molecular complexity index is 457. The zero-order valence-electron chi connectivity index (χ0n) is 6.64. The molecule has 6 nitrogen and oxygen atoms in total. The van der Waals surface area contributed by atoms with E-state index in [4.69, 9.17) is 5.73 Å². The van der Waals surface area contributed by atoms with Crippen molar-refractivity contribution in [3.8, 4) is 5.82 Å². The number of nitrogens with zero attached hydrogens (tertiary/aromatic N) is 3. The SMILES string of the molecule is Nc1nn(-c2ccccn2)c(=O)[nH]1. The van der Waals surface area contributed by atoms with Crippen molar-refractivity contribution in [1.82, 2.24) is 19.7 Å². The van der Waals surface area contributed by atoms with Gasteiger partial charge in [-0.3, -0.25) is 4.98 Å². The van der Waals surface area contributed by atoms with Crippen LogP contribution in [0.15, 0.2) is 29.2 Å². The number of nitrogens with one attached hydrogen (secondary N) is 1. The standard InChI is InChI=1S/C7H7N5O/c8-6-10-7(13)12(11-6)5-3-1-2-4-9-5/h1-4H,(H3,8,10,11,13). The van der Waals surface area contributed by atoms with E-state index in [0.717, 1.165) is 4.68 Å². The van der Waals surface area contributed by atoms with Crippen LogP contribution in [0.2, 0.25) is 0 Å². The van der Waals surface area contributed by atoms with E-state index >= 15 is 0 Å². The topological polar surface area (TPSA) is 89.6 Å². The summed E-state index contributed by atoms with van der Waals surface area (Å²) in [5.74, 6) is 0.524. The third-order valence-electron chi connectivity index (χ3n) is 1.50. The number of pyridine rings is 1. The lowest BCUT2D eigenvalue weighted by Crippen LogP contribution is -2.16. The number of aromatic amines is 1. The molecule has 0 radical (unpaired) electrons. The predicted molar refractivity (Wildman–Crippen MR) is 46.4 cm³/mol. The number of nitrogen functional groups attached to an aromatic ring is 1. The van der Waals surface area contributed by atoms with E-state index < -0.39 is 5.69 Å². The Hall–Kier alpha value is -2.11. The monoisotopic (exact) mass is 177 g/mol. The number of nitrogens with two attached hydrogens (primary N) is 1. The predicted octanol–water partition coefficient (Wildman–Crippen LogP) is -0.462. The van der Waals surface area contributed by atoms with Gasteiger partial charge in [0.1, 0.15) is 0 Å². The molecule has 3 N–H and O–H groups in total. The van der Waals surface area contributed by atoms with Gasteiger partial charge in [-0.25, -0.2) is 9.78 Å². The molecule has 0 unspecified atom stereocenters. The number of hydrogen-bond acceptors (Lipinski definition) is 4. The number of hydrogen-bond donors (Lipinski definition) is 2. The Morgan fingerprint density at radius 3 is 2.85 bits per heavy atom. The Labute approximate surface area is 73.0 Å². The second-order valence-electron chi connectivity index (χ2n) is 2.42. The molecule has 6 heteroatoms. The van der Waals surface area contributed by atoms with E-state index in [2.05, 4.69) is 15.1 Å². The maximum absolute atomic E-state index is 11.2. The fourth-order valence-electron chi connectivity index (χ4n) is 0.975. The average Bonchev–Trinajstić information content (AvgIpc) is 2.47. The molecule has 13 heavy (non-hydrogen) atoms. The summed E-state index contributed by atoms with van der Waals surface area (Å²) >= 11 is 0. The number of rotatable bonds is 1. The summed E-state index contributed by atoms with van der Waals surface area (Å²) in [4.78, 5) is 17.5. The van der Waals surface area contributed by atoms with Crippen molar-refractivity contribution in [2.75, 3.05) is 5.73 Å². The number of anilines is 1. The van der Waals surface area contributed by atoms with Gasteiger partial charge in [0.25, 0.3) is 0 Å². The Morgan fingerprint density at radius 2 is 2.31 bits per heavy atom. The molecule has 0 saturated carbocycles. The third-order valence-corrected chi connectivity index (χ3v) is 1.50. The minimum absolute atomic E-state index is 0.0793. The molecule has 0 aliphatic rings. The van der Waals surface area contributed by atoms with Gasteiger partial charge in [-0.05, 0) is 12.1 Å². The van der Waals surface area contributed by atoms with Crippen LogP contribution in [0.3, 0.4) is 0 Å². The molecule has 0 spiro atoms. The lowest BCUT2D eigenvalue weighted by atomic mass is 10.5. The Balaban J connectivity index is 2.59. The van der Waals surface area contributed by atoms with Crippen molar-refractivity contribution in [2.24, 2.45) is 0 Å². The van der Waals surface area contributed by atoms with Crippen LogP contribution in [0.4, 0.5) is 5.95 Å². The zero-order valence-corrected chi connectivity index (χ0v) is 6.64. The quantitative estimate of drug-likeness (QED) is 0.616. The summed E-state index contributed by atoms with van der Waals surface area (Å²) in [6.07, 6.45) is 1.58. The molecule has 66 valence electrons. The van der Waals surface area contributed by atoms with Crippen LogP contribution < -0.4 is 11.4 Å². The summed E-state index contributed by atoms with van der Waals surface area (Å²) in [5, 5.41) is 3.74. The van der Waals surface area contributed by atoms with Crippen LogP contribution in [0, 0.1) is 0 Å². The fourth-order valence-corrected chi connectivity index (χ4v) is 0.975. The minimum atomic E-state index is -0.392. The highest BCUT2D eigenvalue weighted by molar-refractivity contribution is 5.22. The van der Waals surface area contributed by atoms with E-state index in [-0.39, 0.29) is 5.95 Å². The van der Waals surface area contributed by atoms with E-state index in [9.17, 15) is 4.79 Å². The largest absolute Gasteiger partial charge is 0.368 e. The number of H-pyrrole nitrogens is 1. The molecular weight excluding hydrogens is 170 g/mol. The van der Waals surface area contributed by atoms with Crippen molar-refractivity contribution in [3.05, 3.63) is 34.9 Å². The van der Waals surface area contributed by atoms with Crippen LogP contribution in [0.25, 0.3) is 5.82 Å². The highest BCUT2D eigenvalue weighted by Crippen LogP contribution is 1.97.